The van der Waals surface area contributed by atoms with E-state index in [1.807, 2.05) is 24.8 Å². The van der Waals surface area contributed by atoms with Gasteiger partial charge in [0.05, 0.1) is 46.4 Å². The fraction of sp³-hybridized carbons (Fsp3) is 0.190. The van der Waals surface area contributed by atoms with E-state index >= 15 is 0 Å². The topological polar surface area (TPSA) is 67.1 Å². The summed E-state index contributed by atoms with van der Waals surface area (Å²) in [5, 5.41) is 0. The Kier molecular flexibility index (Phi) is 18.1. The predicted octanol–water partition coefficient (Wildman–Crippen LogP) is 23.0. The molecule has 12 aliphatic carbocycles. The summed E-state index contributed by atoms with van der Waals surface area (Å²) in [7, 11) is 8.64. The Morgan fingerprint density at radius 2 is 0.597 bits per heavy atom. The van der Waals surface area contributed by atoms with Gasteiger partial charge in [0.15, 0.2) is 24.8 Å². The minimum Gasteiger partial charge on any atom is -0.257 e. The Balaban J connectivity index is 0.0000000985. The number of hydrogen-bond donors (Lipinski definition) is 0. The van der Waals surface area contributed by atoms with E-state index in [-0.39, 0.29) is 23.7 Å². The van der Waals surface area contributed by atoms with Crippen molar-refractivity contribution < 1.29 is 18.3 Å². The molecule has 4 atom stereocenters. The van der Waals surface area contributed by atoms with E-state index in [4.69, 9.17) is 19.9 Å². The Bertz CT molecular complexity index is 7230. The molecule has 600 valence electrons. The van der Waals surface area contributed by atoms with E-state index in [1.165, 1.54) is 223 Å². The molecule has 0 N–H and O–H groups in total. The van der Waals surface area contributed by atoms with Crippen LogP contribution < -0.4 is 18.3 Å². The maximum absolute atomic E-state index is 4.88. The van der Waals surface area contributed by atoms with Crippen LogP contribution in [0.15, 0.2) is 304 Å². The van der Waals surface area contributed by atoms with Gasteiger partial charge in [-0.3, -0.25) is 19.9 Å². The largest absolute Gasteiger partial charge is 0.257 e. The minimum absolute atomic E-state index is 0.112. The molecule has 0 saturated carbocycles. The van der Waals surface area contributed by atoms with Crippen molar-refractivity contribution in [2.24, 2.45) is 28.2 Å². The van der Waals surface area contributed by atoms with Gasteiger partial charge in [-0.2, -0.15) is 0 Å². The smallest absolute Gasteiger partial charge is 0.217 e. The third-order valence-corrected chi connectivity index (χ3v) is 28.9. The third-order valence-electron chi connectivity index (χ3n) is 28.9. The van der Waals surface area contributed by atoms with Gasteiger partial charge in [0.2, 0.25) is 22.8 Å². The number of pyridine rings is 4. The summed E-state index contributed by atoms with van der Waals surface area (Å²) in [6.45, 7) is 22.3. The van der Waals surface area contributed by atoms with Gasteiger partial charge in [-0.15, -0.1) is 0 Å². The first-order valence-corrected chi connectivity index (χ1v) is 44.0. The standard InChI is InChI=1S/C33H26N.2C28H26N3.C27H22N/c1-21-18-29-30(20-28(21)31-19-23(16-17-34(31)2)22-10-4-3-5-11-22)33-26-14-8-6-12-24(26)32(29)25-13-7-9-15-27(25)33;1-15-6-7-19-22(13-15)23-20-8-11-31(5)28(21-14-16(2)12-17(3)18(21)4)25(20)24(19)27-26(23)29-9-10-30-27;1-15-12-16(2)18(4)21(13-15)28-25-22(17(3)14-31(28)5)23-19-8-6-7-9-20(19)24(25)27-26(23)29-10-11-30-27;1-17-15-23-24(16-22(17)25-13-7-8-14-28(25)2)27-20-11-5-3-9-18(20)26(23)19-10-4-6-12-21(19)27/h3-20,32-33H,1-2H3;2*6-14,23-24H,1-5H3;3-16,26-27H,1-2H3/q4*+1. The van der Waals surface area contributed by atoms with E-state index in [9.17, 15) is 0 Å². The molecule has 11 aromatic carbocycles. The molecule has 4 unspecified atom stereocenters. The molecule has 29 rings (SSSR count). The van der Waals surface area contributed by atoms with E-state index in [0.717, 1.165) is 22.8 Å². The van der Waals surface area contributed by atoms with Crippen molar-refractivity contribution in [3.8, 4) is 56.2 Å². The molecule has 12 aliphatic rings. The van der Waals surface area contributed by atoms with Crippen LogP contribution in [0.25, 0.3) is 56.2 Å². The third kappa shape index (κ3) is 11.8. The van der Waals surface area contributed by atoms with E-state index < -0.39 is 0 Å². The maximum Gasteiger partial charge on any atom is 0.217 e. The SMILES string of the molecule is Cc1cc(C)c(C)c(-c2c3c(c(C)c[n+]2C)C2c4ccccc4C3c3nccnc32)c1.Cc1cc(C)c(C)c(-c2c3c(cc[n+]2C)C2c4cc(C)ccc4C3c3nccnc32)c1.Cc1cc2c(cc1-c1cc(-c3ccccc3)cc[n+]1C)C1c3ccccc3C2c2ccccc21.Cc1cc2c(cc1-c1cccc[n+]1C)C1c3ccccc3C2c2ccccc21. The van der Waals surface area contributed by atoms with Crippen LogP contribution in [0.5, 0.6) is 0 Å². The van der Waals surface area contributed by atoms with Crippen molar-refractivity contribution in [3.63, 3.8) is 0 Å². The average molecular weight is 1610 g/mol. The van der Waals surface area contributed by atoms with Crippen LogP contribution in [-0.2, 0) is 28.2 Å². The predicted molar refractivity (Wildman–Crippen MR) is 495 cm³/mol. The number of aryl methyl sites for hydroxylation is 12. The highest BCUT2D eigenvalue weighted by Crippen LogP contribution is 2.62. The van der Waals surface area contributed by atoms with E-state index in [0.29, 0.717) is 23.7 Å². The first-order valence-electron chi connectivity index (χ1n) is 44.0. The lowest BCUT2D eigenvalue weighted by Gasteiger charge is -2.42. The van der Waals surface area contributed by atoms with Crippen molar-refractivity contribution in [1.29, 1.82) is 0 Å². The summed E-state index contributed by atoms with van der Waals surface area (Å²) in [5.74, 6) is 1.82. The fourth-order valence-electron chi connectivity index (χ4n) is 23.4. The van der Waals surface area contributed by atoms with Crippen LogP contribution in [0.4, 0.5) is 0 Å². The molecule has 6 aromatic heterocycles. The quantitative estimate of drug-likeness (QED) is 0.161. The zero-order valence-corrected chi connectivity index (χ0v) is 73.1. The number of aromatic nitrogens is 8. The van der Waals surface area contributed by atoms with Crippen LogP contribution in [0.2, 0.25) is 0 Å². The molecule has 8 heteroatoms. The fourth-order valence-corrected chi connectivity index (χ4v) is 23.4. The molecule has 0 amide bonds. The molecule has 0 saturated heterocycles. The van der Waals surface area contributed by atoms with E-state index in [2.05, 4.69) is 395 Å². The second-order valence-electron chi connectivity index (χ2n) is 36.2. The molecule has 6 heterocycles. The van der Waals surface area contributed by atoms with Crippen LogP contribution in [-0.4, -0.2) is 19.9 Å². The molecule has 0 radical (unpaired) electrons. The van der Waals surface area contributed by atoms with Gasteiger partial charge in [-0.25, -0.2) is 18.3 Å². The summed E-state index contributed by atoms with van der Waals surface area (Å²) >= 11 is 0. The van der Waals surface area contributed by atoms with Crippen LogP contribution >= 0.6 is 0 Å². The molecule has 0 aliphatic heterocycles. The lowest BCUT2D eigenvalue weighted by Crippen LogP contribution is -2.39. The molecule has 0 fully saturated rings. The first kappa shape index (κ1) is 76.3. The van der Waals surface area contributed by atoms with Crippen LogP contribution in [0.1, 0.15) is 237 Å². The minimum atomic E-state index is 0.112. The number of rotatable bonds is 5. The Hall–Kier alpha value is -13.8. The number of nitrogens with zero attached hydrogens (tertiary/aromatic N) is 8. The Labute approximate surface area is 728 Å². The van der Waals surface area contributed by atoms with Gasteiger partial charge in [0.1, 0.15) is 28.2 Å². The monoisotopic (exact) mass is 1600 g/mol. The second-order valence-corrected chi connectivity index (χ2v) is 36.2. The lowest BCUT2D eigenvalue weighted by molar-refractivity contribution is -0.661. The summed E-state index contributed by atoms with van der Waals surface area (Å²) < 4.78 is 9.10. The first-order chi connectivity index (χ1) is 60.4. The second kappa shape index (κ2) is 29.5. The average Bonchev–Trinajstić information content (AvgIpc) is 0.695. The van der Waals surface area contributed by atoms with Crippen molar-refractivity contribution in [2.75, 3.05) is 0 Å². The molecule has 17 aromatic rings. The maximum atomic E-state index is 4.88. The summed E-state index contributed by atoms with van der Waals surface area (Å²) in [4.78, 5) is 19.4. The summed E-state index contributed by atoms with van der Waals surface area (Å²) in [6.07, 6.45) is 16.2. The highest BCUT2D eigenvalue weighted by Gasteiger charge is 2.51. The molecular weight excluding hydrogens is 1510 g/mol. The zero-order valence-electron chi connectivity index (χ0n) is 73.1. The van der Waals surface area contributed by atoms with Gasteiger partial charge in [0, 0.05) is 118 Å². The van der Waals surface area contributed by atoms with Crippen LogP contribution in [0, 0.1) is 69.2 Å². The molecular formula is C116H100N8+4. The van der Waals surface area contributed by atoms with Gasteiger partial charge in [0.25, 0.3) is 0 Å². The molecule has 8 bridgehead atoms. The van der Waals surface area contributed by atoms with Crippen LogP contribution in [0.3, 0.4) is 0 Å². The zero-order chi connectivity index (χ0) is 84.5. The van der Waals surface area contributed by atoms with Crippen molar-refractivity contribution in [1.82, 2.24) is 19.9 Å². The van der Waals surface area contributed by atoms with Gasteiger partial charge in [-0.05, 0) is 244 Å². The number of benzene rings is 11. The Morgan fingerprint density at radius 3 is 1.07 bits per heavy atom. The summed E-state index contributed by atoms with van der Waals surface area (Å²) in [5.41, 5.74) is 59.6. The highest BCUT2D eigenvalue weighted by atomic mass is 15.0. The molecule has 8 nitrogen and oxygen atoms in total. The molecule has 124 heavy (non-hydrogen) atoms. The van der Waals surface area contributed by atoms with Crippen molar-refractivity contribution in [3.05, 3.63) is 494 Å². The normalized spacial score (nSPS) is 17.8. The van der Waals surface area contributed by atoms with Crippen molar-refractivity contribution >= 4 is 0 Å². The van der Waals surface area contributed by atoms with Crippen molar-refractivity contribution in [2.45, 2.75) is 117 Å². The highest BCUT2D eigenvalue weighted by molar-refractivity contribution is 5.81. The van der Waals surface area contributed by atoms with Gasteiger partial charge < -0.3 is 0 Å². The Morgan fingerprint density at radius 1 is 0.218 bits per heavy atom. The van der Waals surface area contributed by atoms with Gasteiger partial charge >= 0.3 is 0 Å². The number of hydrogen-bond acceptors (Lipinski definition) is 4. The summed E-state index contributed by atoms with van der Waals surface area (Å²) in [6, 6.07) is 95.0. The van der Waals surface area contributed by atoms with Gasteiger partial charge in [-0.1, -0.05) is 211 Å². The molecule has 0 spiro atoms. The lowest BCUT2D eigenvalue weighted by atomic mass is 9.60. The van der Waals surface area contributed by atoms with E-state index in [1.54, 1.807) is 0 Å².